The molecule has 3 atom stereocenters. The lowest BCUT2D eigenvalue weighted by Gasteiger charge is -2.43. The average Bonchev–Trinajstić information content (AvgIpc) is 2.99. The molecule has 1 N–H and O–H groups in total. The Kier molecular flexibility index (Phi) is 4.26. The van der Waals surface area contributed by atoms with E-state index in [9.17, 15) is 0 Å². The Bertz CT molecular complexity index is 213. The molecule has 2 aliphatic rings. The zero-order valence-corrected chi connectivity index (χ0v) is 11.2. The highest BCUT2D eigenvalue weighted by Crippen LogP contribution is 2.32. The van der Waals surface area contributed by atoms with E-state index in [1.807, 2.05) is 0 Å². The van der Waals surface area contributed by atoms with E-state index in [1.165, 1.54) is 45.2 Å². The fourth-order valence-corrected chi connectivity index (χ4v) is 2.73. The highest BCUT2D eigenvalue weighted by molar-refractivity contribution is 4.91. The Balaban J connectivity index is 1.67. The normalized spacial score (nSPS) is 31.5. The average molecular weight is 224 g/mol. The second-order valence-corrected chi connectivity index (χ2v) is 6.04. The quantitative estimate of drug-likeness (QED) is 0.715. The first-order valence-corrected chi connectivity index (χ1v) is 7.14. The van der Waals surface area contributed by atoms with E-state index in [0.717, 1.165) is 23.9 Å². The molecule has 0 bridgehead atoms. The lowest BCUT2D eigenvalue weighted by molar-refractivity contribution is 0.0721. The molecule has 2 fully saturated rings. The first kappa shape index (κ1) is 12.4. The van der Waals surface area contributed by atoms with Crippen LogP contribution in [0.25, 0.3) is 0 Å². The van der Waals surface area contributed by atoms with E-state index in [-0.39, 0.29) is 0 Å². The number of rotatable bonds is 7. The molecule has 0 aromatic rings. The third kappa shape index (κ3) is 3.21. The third-order valence-corrected chi connectivity index (χ3v) is 4.49. The van der Waals surface area contributed by atoms with E-state index in [2.05, 4.69) is 31.1 Å². The van der Waals surface area contributed by atoms with Crippen LogP contribution in [-0.2, 0) is 0 Å². The van der Waals surface area contributed by atoms with Crippen LogP contribution in [0.5, 0.6) is 0 Å². The van der Waals surface area contributed by atoms with Crippen LogP contribution in [0.2, 0.25) is 0 Å². The standard InChI is InChI=1S/C14H28N2/c1-4-11(2)10-16(3)14-8-5-12(14)9-15-13-6-7-13/h11-15H,4-10H2,1-3H3. The van der Waals surface area contributed by atoms with Gasteiger partial charge in [0.2, 0.25) is 0 Å². The van der Waals surface area contributed by atoms with Crippen LogP contribution < -0.4 is 5.32 Å². The monoisotopic (exact) mass is 224 g/mol. The summed E-state index contributed by atoms with van der Waals surface area (Å²) in [6, 6.07) is 1.74. The SMILES string of the molecule is CCC(C)CN(C)C1CCC1CNC1CC1. The maximum atomic E-state index is 3.68. The van der Waals surface area contributed by atoms with Crippen molar-refractivity contribution in [1.29, 1.82) is 0 Å². The Morgan fingerprint density at radius 1 is 1.25 bits per heavy atom. The lowest BCUT2D eigenvalue weighted by atomic mass is 9.78. The van der Waals surface area contributed by atoms with Crippen LogP contribution in [0.4, 0.5) is 0 Å². The summed E-state index contributed by atoms with van der Waals surface area (Å²) >= 11 is 0. The van der Waals surface area contributed by atoms with Gasteiger partial charge in [-0.25, -0.2) is 0 Å². The van der Waals surface area contributed by atoms with Crippen LogP contribution >= 0.6 is 0 Å². The van der Waals surface area contributed by atoms with Crippen molar-refractivity contribution in [1.82, 2.24) is 10.2 Å². The minimum absolute atomic E-state index is 0.850. The Labute approximate surface area is 101 Å². The highest BCUT2D eigenvalue weighted by Gasteiger charge is 2.34. The molecular formula is C14H28N2. The molecule has 0 spiro atoms. The van der Waals surface area contributed by atoms with Gasteiger partial charge in [0.25, 0.3) is 0 Å². The Morgan fingerprint density at radius 3 is 2.50 bits per heavy atom. The summed E-state index contributed by atoms with van der Waals surface area (Å²) in [4.78, 5) is 2.61. The first-order chi connectivity index (χ1) is 7.70. The fourth-order valence-electron chi connectivity index (χ4n) is 2.73. The minimum atomic E-state index is 0.850. The maximum Gasteiger partial charge on any atom is 0.0133 e. The predicted octanol–water partition coefficient (Wildman–Crippen LogP) is 2.49. The van der Waals surface area contributed by atoms with Gasteiger partial charge in [-0.3, -0.25) is 0 Å². The van der Waals surface area contributed by atoms with Crippen LogP contribution in [0.3, 0.4) is 0 Å². The summed E-state index contributed by atoms with van der Waals surface area (Å²) in [7, 11) is 2.32. The maximum absolute atomic E-state index is 3.68. The zero-order chi connectivity index (χ0) is 11.5. The van der Waals surface area contributed by atoms with Crippen molar-refractivity contribution in [3.63, 3.8) is 0 Å². The first-order valence-electron chi connectivity index (χ1n) is 7.14. The van der Waals surface area contributed by atoms with Crippen molar-refractivity contribution >= 4 is 0 Å². The van der Waals surface area contributed by atoms with Crippen LogP contribution in [-0.4, -0.2) is 37.1 Å². The van der Waals surface area contributed by atoms with Crippen molar-refractivity contribution < 1.29 is 0 Å². The number of nitrogens with one attached hydrogen (secondary N) is 1. The second-order valence-electron chi connectivity index (χ2n) is 6.04. The van der Waals surface area contributed by atoms with Crippen LogP contribution in [0.15, 0.2) is 0 Å². The van der Waals surface area contributed by atoms with Crippen molar-refractivity contribution in [2.45, 2.75) is 58.0 Å². The molecular weight excluding hydrogens is 196 g/mol. The molecule has 2 rings (SSSR count). The van der Waals surface area contributed by atoms with E-state index >= 15 is 0 Å². The molecule has 0 aromatic heterocycles. The predicted molar refractivity (Wildman–Crippen MR) is 69.6 cm³/mol. The molecule has 0 amide bonds. The number of nitrogens with zero attached hydrogens (tertiary/aromatic N) is 1. The highest BCUT2D eigenvalue weighted by atomic mass is 15.1. The lowest BCUT2D eigenvalue weighted by Crippen LogP contribution is -2.50. The number of hydrogen-bond donors (Lipinski definition) is 1. The molecule has 2 aliphatic carbocycles. The third-order valence-electron chi connectivity index (χ3n) is 4.49. The van der Waals surface area contributed by atoms with Gasteiger partial charge in [0.1, 0.15) is 0 Å². The summed E-state index contributed by atoms with van der Waals surface area (Å²) < 4.78 is 0. The molecule has 0 saturated heterocycles. The number of hydrogen-bond acceptors (Lipinski definition) is 2. The minimum Gasteiger partial charge on any atom is -0.314 e. The van der Waals surface area contributed by atoms with Crippen LogP contribution in [0.1, 0.15) is 46.0 Å². The van der Waals surface area contributed by atoms with Crippen molar-refractivity contribution in [3.05, 3.63) is 0 Å². The summed E-state index contributed by atoms with van der Waals surface area (Å²) in [5, 5.41) is 3.68. The Morgan fingerprint density at radius 2 is 2.00 bits per heavy atom. The van der Waals surface area contributed by atoms with Crippen molar-refractivity contribution in [2.75, 3.05) is 20.1 Å². The molecule has 94 valence electrons. The topological polar surface area (TPSA) is 15.3 Å². The van der Waals surface area contributed by atoms with E-state index < -0.39 is 0 Å². The molecule has 3 unspecified atom stereocenters. The largest absolute Gasteiger partial charge is 0.314 e. The van der Waals surface area contributed by atoms with Crippen molar-refractivity contribution in [2.24, 2.45) is 11.8 Å². The summed E-state index contributed by atoms with van der Waals surface area (Å²) in [6.07, 6.45) is 7.00. The van der Waals surface area contributed by atoms with Crippen LogP contribution in [0, 0.1) is 11.8 Å². The molecule has 2 saturated carbocycles. The summed E-state index contributed by atoms with van der Waals surface area (Å²) in [5.74, 6) is 1.78. The molecule has 0 heterocycles. The molecule has 16 heavy (non-hydrogen) atoms. The van der Waals surface area contributed by atoms with E-state index in [0.29, 0.717) is 0 Å². The van der Waals surface area contributed by atoms with Gasteiger partial charge in [0.05, 0.1) is 0 Å². The molecule has 0 radical (unpaired) electrons. The van der Waals surface area contributed by atoms with E-state index in [1.54, 1.807) is 0 Å². The van der Waals surface area contributed by atoms with Gasteiger partial charge >= 0.3 is 0 Å². The van der Waals surface area contributed by atoms with Gasteiger partial charge in [-0.2, -0.15) is 0 Å². The smallest absolute Gasteiger partial charge is 0.0133 e. The molecule has 2 nitrogen and oxygen atoms in total. The van der Waals surface area contributed by atoms with Gasteiger partial charge in [-0.15, -0.1) is 0 Å². The van der Waals surface area contributed by atoms with Gasteiger partial charge in [0, 0.05) is 18.6 Å². The Hall–Kier alpha value is -0.0800. The van der Waals surface area contributed by atoms with E-state index in [4.69, 9.17) is 0 Å². The molecule has 0 aromatic carbocycles. The summed E-state index contributed by atoms with van der Waals surface area (Å²) in [6.45, 7) is 7.21. The molecule has 2 heteroatoms. The molecule has 0 aliphatic heterocycles. The zero-order valence-electron chi connectivity index (χ0n) is 11.2. The van der Waals surface area contributed by atoms with Gasteiger partial charge in [-0.1, -0.05) is 20.3 Å². The second kappa shape index (κ2) is 5.50. The van der Waals surface area contributed by atoms with Gasteiger partial charge in [0.15, 0.2) is 0 Å². The van der Waals surface area contributed by atoms with Gasteiger partial charge in [-0.05, 0) is 51.1 Å². The fraction of sp³-hybridized carbons (Fsp3) is 1.00. The van der Waals surface area contributed by atoms with Crippen molar-refractivity contribution in [3.8, 4) is 0 Å². The van der Waals surface area contributed by atoms with Gasteiger partial charge < -0.3 is 10.2 Å². The summed E-state index contributed by atoms with van der Waals surface area (Å²) in [5.41, 5.74) is 0.